The van der Waals surface area contributed by atoms with Crippen LogP contribution < -0.4 is 10.6 Å². The molecule has 1 aromatic rings. The van der Waals surface area contributed by atoms with Crippen LogP contribution in [-0.2, 0) is 4.79 Å². The fourth-order valence-electron chi connectivity index (χ4n) is 3.58. The Morgan fingerprint density at radius 3 is 2.27 bits per heavy atom. The van der Waals surface area contributed by atoms with Gasteiger partial charge in [-0.25, -0.2) is 4.39 Å². The van der Waals surface area contributed by atoms with E-state index in [4.69, 9.17) is 5.73 Å². The second kappa shape index (κ2) is 9.74. The van der Waals surface area contributed by atoms with Gasteiger partial charge < -0.3 is 15.5 Å². The van der Waals surface area contributed by atoms with Gasteiger partial charge in [0.1, 0.15) is 5.82 Å². The van der Waals surface area contributed by atoms with Crippen molar-refractivity contribution < 1.29 is 9.18 Å². The van der Waals surface area contributed by atoms with Gasteiger partial charge in [0.2, 0.25) is 5.91 Å². The van der Waals surface area contributed by atoms with E-state index in [2.05, 4.69) is 16.7 Å². The van der Waals surface area contributed by atoms with E-state index in [1.807, 2.05) is 4.90 Å². The topological polar surface area (TPSA) is 52.8 Å². The second-order valence-corrected chi connectivity index (χ2v) is 7.32. The van der Waals surface area contributed by atoms with E-state index in [0.717, 1.165) is 51.4 Å². The third-order valence-corrected chi connectivity index (χ3v) is 5.31. The molecule has 1 atom stereocenters. The molecule has 8 heteroatoms. The number of carbonyl (C=O) groups is 1. The van der Waals surface area contributed by atoms with Crippen LogP contribution in [0.2, 0.25) is 0 Å². The molecule has 26 heavy (non-hydrogen) atoms. The third kappa shape index (κ3) is 5.46. The lowest BCUT2D eigenvalue weighted by Crippen LogP contribution is -2.51. The van der Waals surface area contributed by atoms with E-state index >= 15 is 0 Å². The van der Waals surface area contributed by atoms with Crippen molar-refractivity contribution >= 4 is 36.4 Å². The molecule has 2 fully saturated rings. The smallest absolute Gasteiger partial charge is 0.236 e. The molecule has 2 aliphatic rings. The fourth-order valence-corrected chi connectivity index (χ4v) is 3.58. The number of carbonyl (C=O) groups excluding carboxylic acids is 1. The summed E-state index contributed by atoms with van der Waals surface area (Å²) in [6.07, 6.45) is 1.06. The van der Waals surface area contributed by atoms with Gasteiger partial charge in [-0.2, -0.15) is 0 Å². The zero-order valence-corrected chi connectivity index (χ0v) is 16.8. The van der Waals surface area contributed by atoms with Crippen LogP contribution in [0.5, 0.6) is 0 Å². The minimum atomic E-state index is -0.220. The van der Waals surface area contributed by atoms with Crippen molar-refractivity contribution in [1.29, 1.82) is 0 Å². The number of halogens is 3. The number of hydrogen-bond acceptors (Lipinski definition) is 4. The molecule has 1 amide bonds. The lowest BCUT2D eigenvalue weighted by molar-refractivity contribution is -0.132. The van der Waals surface area contributed by atoms with Gasteiger partial charge in [-0.1, -0.05) is 6.92 Å². The maximum Gasteiger partial charge on any atom is 0.236 e. The molecule has 0 aliphatic carbocycles. The van der Waals surface area contributed by atoms with Crippen molar-refractivity contribution in [2.45, 2.75) is 13.3 Å². The highest BCUT2D eigenvalue weighted by molar-refractivity contribution is 5.85. The number of nitrogens with two attached hydrogens (primary N) is 1. The molecule has 2 N–H and O–H groups in total. The highest BCUT2D eigenvalue weighted by atomic mass is 35.5. The molecule has 1 aromatic carbocycles. The number of hydrogen-bond donors (Lipinski definition) is 1. The number of nitrogens with zero attached hydrogens (tertiary/aromatic N) is 3. The van der Waals surface area contributed by atoms with Crippen LogP contribution in [-0.4, -0.2) is 68.1 Å². The first-order chi connectivity index (χ1) is 11.5. The van der Waals surface area contributed by atoms with Crippen molar-refractivity contribution in [3.8, 4) is 0 Å². The molecule has 1 unspecified atom stereocenters. The normalized spacial score (nSPS) is 23.3. The van der Waals surface area contributed by atoms with Crippen molar-refractivity contribution in [1.82, 2.24) is 9.80 Å². The molecule has 0 bridgehead atoms. The summed E-state index contributed by atoms with van der Waals surface area (Å²) in [5.41, 5.74) is 7.00. The Kier molecular flexibility index (Phi) is 8.60. The Balaban J connectivity index is 0.00000169. The molecule has 2 saturated heterocycles. The number of likely N-dealkylation sites (tertiary alicyclic amines) is 1. The Morgan fingerprint density at radius 2 is 1.73 bits per heavy atom. The summed E-state index contributed by atoms with van der Waals surface area (Å²) in [6, 6.07) is 6.55. The van der Waals surface area contributed by atoms with E-state index in [9.17, 15) is 9.18 Å². The van der Waals surface area contributed by atoms with Crippen LogP contribution >= 0.6 is 24.8 Å². The van der Waals surface area contributed by atoms with Crippen LogP contribution in [0.1, 0.15) is 13.3 Å². The minimum Gasteiger partial charge on any atom is -0.368 e. The van der Waals surface area contributed by atoms with Gasteiger partial charge in [0.05, 0.1) is 6.54 Å². The van der Waals surface area contributed by atoms with Crippen LogP contribution in [0, 0.1) is 11.2 Å². The van der Waals surface area contributed by atoms with Crippen molar-refractivity contribution in [2.75, 3.05) is 57.3 Å². The van der Waals surface area contributed by atoms with Crippen molar-refractivity contribution in [3.05, 3.63) is 30.1 Å². The third-order valence-electron chi connectivity index (χ3n) is 5.31. The Morgan fingerprint density at radius 1 is 1.12 bits per heavy atom. The molecule has 148 valence electrons. The van der Waals surface area contributed by atoms with Gasteiger partial charge in [0.15, 0.2) is 0 Å². The van der Waals surface area contributed by atoms with Crippen molar-refractivity contribution in [2.24, 2.45) is 11.1 Å². The van der Waals surface area contributed by atoms with E-state index in [1.54, 1.807) is 12.1 Å². The molecule has 0 spiro atoms. The zero-order valence-electron chi connectivity index (χ0n) is 15.2. The van der Waals surface area contributed by atoms with Crippen molar-refractivity contribution in [3.63, 3.8) is 0 Å². The Hall–Kier alpha value is -1.08. The Labute approximate surface area is 167 Å². The van der Waals surface area contributed by atoms with Crippen LogP contribution in [0.25, 0.3) is 0 Å². The average molecular weight is 407 g/mol. The SMILES string of the molecule is CC1(CN)CCN(CC(=O)N2CCN(c3ccc(F)cc3)CC2)C1.Cl.Cl. The first kappa shape index (κ1) is 23.0. The number of anilines is 1. The number of piperazine rings is 1. The summed E-state index contributed by atoms with van der Waals surface area (Å²) in [4.78, 5) is 18.9. The van der Waals surface area contributed by atoms with Gasteiger partial charge in [0.25, 0.3) is 0 Å². The lowest BCUT2D eigenvalue weighted by Gasteiger charge is -2.36. The molecular weight excluding hydrogens is 378 g/mol. The standard InChI is InChI=1S/C18H27FN4O.2ClH/c1-18(13-20)6-7-21(14-18)12-17(24)23-10-8-22(9-11-23)16-4-2-15(19)3-5-16;;/h2-5H,6-14,20H2,1H3;2*1H. The van der Waals surface area contributed by atoms with Gasteiger partial charge in [-0.3, -0.25) is 9.69 Å². The molecule has 2 aliphatic heterocycles. The first-order valence-corrected chi connectivity index (χ1v) is 8.70. The van der Waals surface area contributed by atoms with Crippen LogP contribution in [0.4, 0.5) is 10.1 Å². The summed E-state index contributed by atoms with van der Waals surface area (Å²) in [6.45, 7) is 8.24. The Bertz CT molecular complexity index is 581. The number of rotatable bonds is 4. The second-order valence-electron chi connectivity index (χ2n) is 7.32. The molecule has 0 saturated carbocycles. The predicted octanol–water partition coefficient (Wildman–Crippen LogP) is 1.99. The quantitative estimate of drug-likeness (QED) is 0.830. The maximum absolute atomic E-state index is 13.0. The molecule has 0 radical (unpaired) electrons. The number of amides is 1. The predicted molar refractivity (Wildman–Crippen MR) is 108 cm³/mol. The van der Waals surface area contributed by atoms with E-state index < -0.39 is 0 Å². The van der Waals surface area contributed by atoms with Crippen LogP contribution in [0.3, 0.4) is 0 Å². The molecule has 2 heterocycles. The highest BCUT2D eigenvalue weighted by Crippen LogP contribution is 2.28. The molecule has 3 rings (SSSR count). The summed E-state index contributed by atoms with van der Waals surface area (Å²) in [5.74, 6) is -0.0160. The van der Waals surface area contributed by atoms with E-state index in [1.165, 1.54) is 12.1 Å². The van der Waals surface area contributed by atoms with Gasteiger partial charge in [0, 0.05) is 38.4 Å². The summed E-state index contributed by atoms with van der Waals surface area (Å²) < 4.78 is 13.0. The molecular formula is C18H29Cl2FN4O. The average Bonchev–Trinajstić information content (AvgIpc) is 2.97. The largest absolute Gasteiger partial charge is 0.368 e. The maximum atomic E-state index is 13.0. The minimum absolute atomic E-state index is 0. The first-order valence-electron chi connectivity index (χ1n) is 8.70. The van der Waals surface area contributed by atoms with E-state index in [0.29, 0.717) is 13.1 Å². The summed E-state index contributed by atoms with van der Waals surface area (Å²) >= 11 is 0. The summed E-state index contributed by atoms with van der Waals surface area (Å²) in [5, 5.41) is 0. The van der Waals surface area contributed by atoms with Gasteiger partial charge in [-0.15, -0.1) is 24.8 Å². The lowest BCUT2D eigenvalue weighted by atomic mass is 9.90. The molecule has 0 aromatic heterocycles. The summed E-state index contributed by atoms with van der Waals surface area (Å²) in [7, 11) is 0. The monoisotopic (exact) mass is 406 g/mol. The van der Waals surface area contributed by atoms with E-state index in [-0.39, 0.29) is 42.0 Å². The van der Waals surface area contributed by atoms with Gasteiger partial charge >= 0.3 is 0 Å². The highest BCUT2D eigenvalue weighted by Gasteiger charge is 2.34. The number of benzene rings is 1. The van der Waals surface area contributed by atoms with Gasteiger partial charge in [-0.05, 0) is 49.2 Å². The fraction of sp³-hybridized carbons (Fsp3) is 0.611. The zero-order chi connectivity index (χ0) is 17.2. The molecule has 5 nitrogen and oxygen atoms in total. The van der Waals surface area contributed by atoms with Crippen LogP contribution in [0.15, 0.2) is 24.3 Å².